The highest BCUT2D eigenvalue weighted by molar-refractivity contribution is 9.09. The lowest BCUT2D eigenvalue weighted by Crippen LogP contribution is -2.15. The first kappa shape index (κ1) is 17.4. The first-order chi connectivity index (χ1) is 8.60. The highest BCUT2D eigenvalue weighted by atomic mass is 79.9. The molecule has 0 spiro atoms. The van der Waals surface area contributed by atoms with Crippen molar-refractivity contribution in [3.63, 3.8) is 0 Å². The van der Waals surface area contributed by atoms with Crippen LogP contribution in [0.2, 0.25) is 0 Å². The number of ether oxygens (including phenoxy) is 2. The Balaban J connectivity index is 3.52. The normalized spacial score (nSPS) is 11.9. The molecule has 0 bridgehead atoms. The Bertz CT molecular complexity index is 243. The molecule has 0 aromatic rings. The van der Waals surface area contributed by atoms with E-state index in [1.165, 1.54) is 19.3 Å². The van der Waals surface area contributed by atoms with Crippen LogP contribution >= 0.6 is 15.9 Å². The number of carbonyl (C=O) groups excluding carboxylic acids is 2. The molecule has 1 atom stereocenters. The summed E-state index contributed by atoms with van der Waals surface area (Å²) in [5, 5.41) is 0. The smallest absolute Gasteiger partial charge is 0.317 e. The fourth-order valence-corrected chi connectivity index (χ4v) is 1.95. The number of hydrogen-bond acceptors (Lipinski definition) is 4. The fraction of sp³-hybridized carbons (Fsp3) is 0.846. The first-order valence-corrected chi connectivity index (χ1v) is 7.47. The Morgan fingerprint density at radius 3 is 2.33 bits per heavy atom. The van der Waals surface area contributed by atoms with Gasteiger partial charge < -0.3 is 9.47 Å². The third-order valence-electron chi connectivity index (χ3n) is 2.41. The lowest BCUT2D eigenvalue weighted by atomic mass is 10.1. The molecule has 0 radical (unpaired) electrons. The van der Waals surface area contributed by atoms with Gasteiger partial charge in [0.25, 0.3) is 0 Å². The van der Waals surface area contributed by atoms with E-state index in [2.05, 4.69) is 27.6 Å². The lowest BCUT2D eigenvalue weighted by Gasteiger charge is -2.09. The molecular formula is C13H23BrO4. The zero-order valence-electron chi connectivity index (χ0n) is 11.2. The Kier molecular flexibility index (Phi) is 11.1. The molecule has 106 valence electrons. The average Bonchev–Trinajstić information content (AvgIpc) is 2.29. The molecule has 0 aliphatic heterocycles. The van der Waals surface area contributed by atoms with Gasteiger partial charge in [0.1, 0.15) is 6.42 Å². The van der Waals surface area contributed by atoms with Crippen LogP contribution in [-0.2, 0) is 19.1 Å². The topological polar surface area (TPSA) is 52.6 Å². The van der Waals surface area contributed by atoms with E-state index in [-0.39, 0.29) is 13.0 Å². The highest BCUT2D eigenvalue weighted by Crippen LogP contribution is 2.14. The van der Waals surface area contributed by atoms with E-state index in [9.17, 15) is 9.59 Å². The van der Waals surface area contributed by atoms with E-state index >= 15 is 0 Å². The maximum absolute atomic E-state index is 11.2. The monoisotopic (exact) mass is 322 g/mol. The van der Waals surface area contributed by atoms with Crippen molar-refractivity contribution in [2.75, 3.05) is 13.2 Å². The van der Waals surface area contributed by atoms with Gasteiger partial charge in [0, 0.05) is 4.83 Å². The van der Waals surface area contributed by atoms with Crippen molar-refractivity contribution in [1.29, 1.82) is 0 Å². The molecule has 0 aromatic heterocycles. The van der Waals surface area contributed by atoms with E-state index in [4.69, 9.17) is 4.74 Å². The number of unbranched alkanes of at least 4 members (excludes halogenated alkanes) is 2. The molecule has 0 aliphatic carbocycles. The van der Waals surface area contributed by atoms with Crippen LogP contribution in [0.3, 0.4) is 0 Å². The molecule has 0 aliphatic rings. The van der Waals surface area contributed by atoms with Crippen molar-refractivity contribution in [3.8, 4) is 0 Å². The van der Waals surface area contributed by atoms with Crippen LogP contribution in [0.4, 0.5) is 0 Å². The molecule has 4 nitrogen and oxygen atoms in total. The van der Waals surface area contributed by atoms with Crippen LogP contribution in [0, 0.1) is 0 Å². The van der Waals surface area contributed by atoms with E-state index in [0.29, 0.717) is 11.4 Å². The zero-order chi connectivity index (χ0) is 13.8. The zero-order valence-corrected chi connectivity index (χ0v) is 12.8. The molecule has 0 amide bonds. The molecule has 0 saturated carbocycles. The summed E-state index contributed by atoms with van der Waals surface area (Å²) in [5.41, 5.74) is 0. The maximum Gasteiger partial charge on any atom is 0.317 e. The number of esters is 2. The Morgan fingerprint density at radius 1 is 1.06 bits per heavy atom. The van der Waals surface area contributed by atoms with E-state index < -0.39 is 11.9 Å². The predicted molar refractivity (Wildman–Crippen MR) is 73.7 cm³/mol. The van der Waals surface area contributed by atoms with Crippen LogP contribution in [0.25, 0.3) is 0 Å². The molecule has 0 rings (SSSR count). The second-order valence-corrected chi connectivity index (χ2v) is 5.38. The van der Waals surface area contributed by atoms with Gasteiger partial charge in [-0.15, -0.1) is 0 Å². The third-order valence-corrected chi connectivity index (χ3v) is 3.32. The van der Waals surface area contributed by atoms with Gasteiger partial charge in [0.15, 0.2) is 0 Å². The van der Waals surface area contributed by atoms with Gasteiger partial charge in [-0.3, -0.25) is 9.59 Å². The average molecular weight is 323 g/mol. The molecule has 0 fully saturated rings. The predicted octanol–water partition coefficient (Wildman–Crippen LogP) is 3.22. The summed E-state index contributed by atoms with van der Waals surface area (Å²) in [5.74, 6) is -1.04. The number of alkyl halides is 1. The molecule has 18 heavy (non-hydrogen) atoms. The molecular weight excluding hydrogens is 300 g/mol. The molecule has 0 aromatic carbocycles. The van der Waals surface area contributed by atoms with Gasteiger partial charge in [-0.25, -0.2) is 0 Å². The fourth-order valence-electron chi connectivity index (χ4n) is 1.44. The molecule has 0 heterocycles. The third kappa shape index (κ3) is 10.6. The van der Waals surface area contributed by atoms with Gasteiger partial charge in [0.05, 0.1) is 13.2 Å². The second kappa shape index (κ2) is 11.5. The maximum atomic E-state index is 11.2. The summed E-state index contributed by atoms with van der Waals surface area (Å²) >= 11 is 3.55. The highest BCUT2D eigenvalue weighted by Gasteiger charge is 2.12. The SMILES string of the molecule is CCCCCC(Br)CCOC(=O)CC(=O)OCC. The minimum absolute atomic E-state index is 0.285. The number of hydrogen-bond donors (Lipinski definition) is 0. The summed E-state index contributed by atoms with van der Waals surface area (Å²) in [4.78, 5) is 22.6. The van der Waals surface area contributed by atoms with E-state index in [0.717, 1.165) is 12.8 Å². The molecule has 0 N–H and O–H groups in total. The van der Waals surface area contributed by atoms with Crippen LogP contribution in [0.15, 0.2) is 0 Å². The Hall–Kier alpha value is -0.580. The molecule has 1 unspecified atom stereocenters. The van der Waals surface area contributed by atoms with Crippen molar-refractivity contribution in [2.24, 2.45) is 0 Å². The minimum atomic E-state index is -0.527. The van der Waals surface area contributed by atoms with Crippen molar-refractivity contribution in [3.05, 3.63) is 0 Å². The van der Waals surface area contributed by atoms with Crippen molar-refractivity contribution < 1.29 is 19.1 Å². The van der Waals surface area contributed by atoms with Crippen molar-refractivity contribution in [1.82, 2.24) is 0 Å². The van der Waals surface area contributed by atoms with Crippen LogP contribution in [0.1, 0.15) is 52.4 Å². The van der Waals surface area contributed by atoms with Gasteiger partial charge >= 0.3 is 11.9 Å². The standard InChI is InChI=1S/C13H23BrO4/c1-3-5-6-7-11(14)8-9-18-13(16)10-12(15)17-4-2/h11H,3-10H2,1-2H3. The van der Waals surface area contributed by atoms with Crippen LogP contribution in [0.5, 0.6) is 0 Å². The Morgan fingerprint density at radius 2 is 1.72 bits per heavy atom. The largest absolute Gasteiger partial charge is 0.466 e. The van der Waals surface area contributed by atoms with Crippen LogP contribution in [-0.4, -0.2) is 30.0 Å². The molecule has 0 saturated heterocycles. The quantitative estimate of drug-likeness (QED) is 0.268. The van der Waals surface area contributed by atoms with Crippen molar-refractivity contribution in [2.45, 2.75) is 57.2 Å². The van der Waals surface area contributed by atoms with E-state index in [1.54, 1.807) is 6.92 Å². The lowest BCUT2D eigenvalue weighted by molar-refractivity contribution is -0.154. The summed E-state index contributed by atoms with van der Waals surface area (Å²) < 4.78 is 9.62. The van der Waals surface area contributed by atoms with Crippen LogP contribution < -0.4 is 0 Å². The summed E-state index contributed by atoms with van der Waals surface area (Å²) in [6.45, 7) is 4.50. The number of halogens is 1. The van der Waals surface area contributed by atoms with E-state index in [1.807, 2.05) is 0 Å². The molecule has 5 heteroatoms. The second-order valence-electron chi connectivity index (χ2n) is 4.08. The number of carbonyl (C=O) groups is 2. The summed E-state index contributed by atoms with van der Waals surface area (Å²) in [6, 6.07) is 0. The van der Waals surface area contributed by atoms with Gasteiger partial charge in [-0.2, -0.15) is 0 Å². The van der Waals surface area contributed by atoms with Crippen molar-refractivity contribution >= 4 is 27.9 Å². The first-order valence-electron chi connectivity index (χ1n) is 6.55. The summed E-state index contributed by atoms with van der Waals surface area (Å²) in [6.07, 6.45) is 5.18. The summed E-state index contributed by atoms with van der Waals surface area (Å²) in [7, 11) is 0. The minimum Gasteiger partial charge on any atom is -0.466 e. The van der Waals surface area contributed by atoms with Gasteiger partial charge in [-0.1, -0.05) is 42.1 Å². The van der Waals surface area contributed by atoms with Gasteiger partial charge in [0.2, 0.25) is 0 Å². The number of rotatable bonds is 10. The Labute approximate surface area is 118 Å². The van der Waals surface area contributed by atoms with Gasteiger partial charge in [-0.05, 0) is 19.8 Å².